The highest BCUT2D eigenvalue weighted by molar-refractivity contribution is 14.1. The predicted octanol–water partition coefficient (Wildman–Crippen LogP) is 4.33. The van der Waals surface area contributed by atoms with Gasteiger partial charge in [0.1, 0.15) is 12.2 Å². The Morgan fingerprint density at radius 2 is 1.78 bits per heavy atom. The molecular formula is C34H41IN2O9. The van der Waals surface area contributed by atoms with E-state index in [1.54, 1.807) is 42.4 Å². The first kappa shape index (κ1) is 34.0. The van der Waals surface area contributed by atoms with Crippen molar-refractivity contribution in [1.29, 1.82) is 0 Å². The van der Waals surface area contributed by atoms with Crippen LogP contribution in [0.15, 0.2) is 52.5 Å². The fraction of sp³-hybridized carbons (Fsp3) is 0.471. The number of nitrogens with one attached hydrogen (secondary N) is 1. The summed E-state index contributed by atoms with van der Waals surface area (Å²) in [7, 11) is 3.02. The molecule has 2 aliphatic rings. The molecule has 1 fully saturated rings. The third-order valence-electron chi connectivity index (χ3n) is 8.69. The number of methoxy groups -OCH3 is 2. The SMILES string of the molecule is COc1cc(CO)cc(I)c1OC1C=C(C(=O)NCCO)CC(N(C(=O)c2cc3cccc(OC)c3o2)C2CCCCCC2)C1O. The first-order chi connectivity index (χ1) is 22.3. The van der Waals surface area contributed by atoms with Crippen LogP contribution in [0.3, 0.4) is 0 Å². The van der Waals surface area contributed by atoms with Gasteiger partial charge in [-0.2, -0.15) is 0 Å². The normalized spacial score (nSPS) is 20.5. The summed E-state index contributed by atoms with van der Waals surface area (Å²) in [5, 5.41) is 34.5. The minimum atomic E-state index is -1.22. The van der Waals surface area contributed by atoms with Gasteiger partial charge in [-0.3, -0.25) is 9.59 Å². The van der Waals surface area contributed by atoms with Gasteiger partial charge in [-0.1, -0.05) is 37.8 Å². The van der Waals surface area contributed by atoms with Crippen molar-refractivity contribution in [3.05, 3.63) is 62.9 Å². The largest absolute Gasteiger partial charge is 0.493 e. The summed E-state index contributed by atoms with van der Waals surface area (Å²) in [6, 6.07) is 9.48. The van der Waals surface area contributed by atoms with Gasteiger partial charge in [0.25, 0.3) is 5.91 Å². The van der Waals surface area contributed by atoms with E-state index in [4.69, 9.17) is 18.6 Å². The Bertz CT molecular complexity index is 1560. The molecule has 4 N–H and O–H groups in total. The summed E-state index contributed by atoms with van der Waals surface area (Å²) in [6.07, 6.45) is 4.84. The van der Waals surface area contributed by atoms with Gasteiger partial charge in [-0.25, -0.2) is 0 Å². The van der Waals surface area contributed by atoms with Gasteiger partial charge >= 0.3 is 0 Å². The number of aliphatic hydroxyl groups is 3. The van der Waals surface area contributed by atoms with E-state index in [-0.39, 0.29) is 43.9 Å². The highest BCUT2D eigenvalue weighted by Gasteiger charge is 2.44. The van der Waals surface area contributed by atoms with Crippen molar-refractivity contribution in [2.24, 2.45) is 0 Å². The number of carbonyl (C=O) groups is 2. The number of fused-ring (bicyclic) bond motifs is 1. The zero-order valence-electron chi connectivity index (χ0n) is 26.0. The molecule has 0 spiro atoms. The molecule has 0 radical (unpaired) electrons. The average molecular weight is 749 g/mol. The van der Waals surface area contributed by atoms with E-state index in [2.05, 4.69) is 27.9 Å². The van der Waals surface area contributed by atoms with E-state index in [1.807, 2.05) is 12.1 Å². The van der Waals surface area contributed by atoms with E-state index >= 15 is 0 Å². The second-order valence-corrected chi connectivity index (χ2v) is 12.8. The lowest BCUT2D eigenvalue weighted by Crippen LogP contribution is -2.58. The fourth-order valence-electron chi connectivity index (χ4n) is 6.42. The molecule has 2 aliphatic carbocycles. The molecule has 0 bridgehead atoms. The Kier molecular flexibility index (Phi) is 11.5. The molecule has 0 saturated heterocycles. The van der Waals surface area contributed by atoms with Crippen LogP contribution in [0.4, 0.5) is 0 Å². The van der Waals surface area contributed by atoms with Gasteiger partial charge in [0.15, 0.2) is 28.6 Å². The second-order valence-electron chi connectivity index (χ2n) is 11.6. The number of carbonyl (C=O) groups excluding carboxylic acids is 2. The third kappa shape index (κ3) is 7.29. The summed E-state index contributed by atoms with van der Waals surface area (Å²) in [6.45, 7) is -0.378. The molecule has 46 heavy (non-hydrogen) atoms. The van der Waals surface area contributed by atoms with Gasteiger partial charge in [0.05, 0.1) is 37.0 Å². The van der Waals surface area contributed by atoms with Crippen molar-refractivity contribution in [2.45, 2.75) is 75.8 Å². The maximum Gasteiger partial charge on any atom is 0.290 e. The number of benzene rings is 2. The summed E-state index contributed by atoms with van der Waals surface area (Å²) in [5.74, 6) is 0.518. The maximum atomic E-state index is 14.6. The molecule has 2 amide bonds. The van der Waals surface area contributed by atoms with Crippen LogP contribution < -0.4 is 19.5 Å². The number of para-hydroxylation sites is 1. The first-order valence-corrected chi connectivity index (χ1v) is 16.7. The quantitative estimate of drug-likeness (QED) is 0.166. The van der Waals surface area contributed by atoms with Crippen LogP contribution in [0.5, 0.6) is 17.2 Å². The number of hydrogen-bond acceptors (Lipinski definition) is 9. The van der Waals surface area contributed by atoms with Crippen LogP contribution in [0, 0.1) is 3.57 Å². The maximum absolute atomic E-state index is 14.6. The van der Waals surface area contributed by atoms with E-state index in [0.717, 1.165) is 38.5 Å². The Morgan fingerprint density at radius 1 is 1.04 bits per heavy atom. The molecule has 248 valence electrons. The molecule has 3 unspecified atom stereocenters. The van der Waals surface area contributed by atoms with Crippen LogP contribution in [-0.2, 0) is 11.4 Å². The van der Waals surface area contributed by atoms with E-state index in [0.29, 0.717) is 42.9 Å². The molecule has 1 aromatic heterocycles. The van der Waals surface area contributed by atoms with Crippen LogP contribution in [-0.4, -0.2) is 83.7 Å². The van der Waals surface area contributed by atoms with E-state index in [9.17, 15) is 24.9 Å². The highest BCUT2D eigenvalue weighted by atomic mass is 127. The van der Waals surface area contributed by atoms with Crippen LogP contribution >= 0.6 is 22.6 Å². The molecule has 12 heteroatoms. The smallest absolute Gasteiger partial charge is 0.290 e. The molecular weight excluding hydrogens is 707 g/mol. The molecule has 5 rings (SSSR count). The minimum absolute atomic E-state index is 0.0509. The molecule has 3 atom stereocenters. The number of furan rings is 1. The van der Waals surface area contributed by atoms with Gasteiger partial charge in [0.2, 0.25) is 5.91 Å². The monoisotopic (exact) mass is 748 g/mol. The number of ether oxygens (including phenoxy) is 3. The van der Waals surface area contributed by atoms with Gasteiger partial charge < -0.3 is 44.2 Å². The number of halogens is 1. The van der Waals surface area contributed by atoms with E-state index < -0.39 is 24.2 Å². The first-order valence-electron chi connectivity index (χ1n) is 15.6. The van der Waals surface area contributed by atoms with E-state index in [1.165, 1.54) is 7.11 Å². The number of amides is 2. The number of hydrogen-bond donors (Lipinski definition) is 4. The Morgan fingerprint density at radius 3 is 2.46 bits per heavy atom. The zero-order valence-corrected chi connectivity index (χ0v) is 28.2. The van der Waals surface area contributed by atoms with Gasteiger partial charge in [-0.05, 0) is 71.3 Å². The van der Waals surface area contributed by atoms with Gasteiger partial charge in [-0.15, -0.1) is 0 Å². The van der Waals surface area contributed by atoms with Crippen molar-refractivity contribution >= 4 is 45.4 Å². The lowest BCUT2D eigenvalue weighted by molar-refractivity contribution is -0.118. The summed E-state index contributed by atoms with van der Waals surface area (Å²) < 4.78 is 24.2. The standard InChI is InChI=1S/C34H41IN2O9/c1-43-26-11-7-8-21-17-29(46-31(21)26)34(42)37(23-9-5-3-4-6-10-23)25-16-22(33(41)36-12-13-38)18-27(30(25)40)45-32-24(35)14-20(19-39)15-28(32)44-2/h7-8,11,14-15,17-18,23,25,27,30,38-40H,3-6,9-10,12-13,16,19H2,1-2H3,(H,36,41). The average Bonchev–Trinajstić information content (AvgIpc) is 3.34. The lowest BCUT2D eigenvalue weighted by Gasteiger charge is -2.43. The summed E-state index contributed by atoms with van der Waals surface area (Å²) in [5.41, 5.74) is 1.41. The molecule has 3 aromatic rings. The topological polar surface area (TPSA) is 151 Å². The van der Waals surface area contributed by atoms with Gasteiger partial charge in [0, 0.05) is 30.0 Å². The molecule has 11 nitrogen and oxygen atoms in total. The fourth-order valence-corrected chi connectivity index (χ4v) is 7.21. The molecule has 1 saturated carbocycles. The van der Waals surface area contributed by atoms with Crippen molar-refractivity contribution in [1.82, 2.24) is 10.2 Å². The molecule has 0 aliphatic heterocycles. The van der Waals surface area contributed by atoms with Crippen molar-refractivity contribution < 1.29 is 43.5 Å². The zero-order chi connectivity index (χ0) is 32.8. The third-order valence-corrected chi connectivity index (χ3v) is 9.49. The number of nitrogens with zero attached hydrogens (tertiary/aromatic N) is 1. The molecule has 1 heterocycles. The summed E-state index contributed by atoms with van der Waals surface area (Å²) >= 11 is 2.07. The predicted molar refractivity (Wildman–Crippen MR) is 179 cm³/mol. The molecule has 2 aromatic carbocycles. The summed E-state index contributed by atoms with van der Waals surface area (Å²) in [4.78, 5) is 29.6. The van der Waals surface area contributed by atoms with Crippen LogP contribution in [0.1, 0.15) is 61.1 Å². The van der Waals surface area contributed by atoms with Crippen molar-refractivity contribution in [3.8, 4) is 17.2 Å². The number of aliphatic hydroxyl groups excluding tert-OH is 3. The van der Waals surface area contributed by atoms with Crippen LogP contribution in [0.2, 0.25) is 0 Å². The minimum Gasteiger partial charge on any atom is -0.493 e. The lowest BCUT2D eigenvalue weighted by atomic mass is 9.86. The van der Waals surface area contributed by atoms with Crippen LogP contribution in [0.25, 0.3) is 11.0 Å². The van der Waals surface area contributed by atoms with Crippen molar-refractivity contribution in [3.63, 3.8) is 0 Å². The van der Waals surface area contributed by atoms with Crippen molar-refractivity contribution in [2.75, 3.05) is 27.4 Å². The Labute approximate surface area is 281 Å². The second kappa shape index (κ2) is 15.5. The number of rotatable bonds is 11. The highest BCUT2D eigenvalue weighted by Crippen LogP contribution is 2.39. The Balaban J connectivity index is 1.57. The Hall–Kier alpha value is -3.33.